The normalized spacial score (nSPS) is 12.9. The molecule has 0 spiro atoms. The first-order chi connectivity index (χ1) is 6.71. The summed E-state index contributed by atoms with van der Waals surface area (Å²) in [5.41, 5.74) is -3.82. The minimum atomic E-state index is -4.26. The van der Waals surface area contributed by atoms with Gasteiger partial charge in [0.25, 0.3) is 0 Å². The maximum Gasteiger partial charge on any atom is 0.442 e. The van der Waals surface area contributed by atoms with Gasteiger partial charge in [-0.25, -0.2) is 0 Å². The smallest absolute Gasteiger partial charge is 0.160 e. The zero-order chi connectivity index (χ0) is 11.7. The largest absolute Gasteiger partial charge is 0.442 e. The van der Waals surface area contributed by atoms with Crippen molar-refractivity contribution in [3.63, 3.8) is 0 Å². The van der Waals surface area contributed by atoms with Gasteiger partial charge in [-0.2, -0.15) is 13.2 Å². The van der Waals surface area contributed by atoms with E-state index in [0.717, 1.165) is 0 Å². The number of thioether (sulfide) groups is 1. The third-order valence-corrected chi connectivity index (χ3v) is 2.98. The third-order valence-electron chi connectivity index (χ3n) is 1.78. The Balaban J connectivity index is 2.95. The molecule has 1 aromatic rings. The molecular formula is C10H9ClF3S. The Bertz CT molecular complexity index is 347. The molecule has 5 heteroatoms. The number of hydrogen-bond donors (Lipinski definition) is 0. The molecule has 0 unspecified atom stereocenters. The summed E-state index contributed by atoms with van der Waals surface area (Å²) < 4.78 is 35.7. The number of alkyl halides is 3. The molecular weight excluding hydrogens is 245 g/mol. The summed E-state index contributed by atoms with van der Waals surface area (Å²) in [4.78, 5) is 0. The van der Waals surface area contributed by atoms with Crippen LogP contribution in [-0.2, 0) is 4.75 Å². The second-order valence-electron chi connectivity index (χ2n) is 3.48. The number of benzene rings is 1. The molecule has 1 aromatic carbocycles. The van der Waals surface area contributed by atoms with E-state index < -0.39 is 10.3 Å². The van der Waals surface area contributed by atoms with Crippen molar-refractivity contribution in [2.24, 2.45) is 0 Å². The first-order valence-electron chi connectivity index (χ1n) is 4.15. The Kier molecular flexibility index (Phi) is 3.61. The highest BCUT2D eigenvalue weighted by Gasteiger charge is 2.38. The molecule has 0 saturated heterocycles. The molecule has 0 saturated carbocycles. The quantitative estimate of drug-likeness (QED) is 0.741. The van der Waals surface area contributed by atoms with Crippen LogP contribution in [0.3, 0.4) is 0 Å². The Hall–Kier alpha value is -0.350. The molecule has 0 aliphatic carbocycles. The molecule has 15 heavy (non-hydrogen) atoms. The van der Waals surface area contributed by atoms with Gasteiger partial charge in [-0.15, -0.1) is 0 Å². The lowest BCUT2D eigenvalue weighted by Crippen LogP contribution is -2.18. The monoisotopic (exact) mass is 253 g/mol. The summed E-state index contributed by atoms with van der Waals surface area (Å²) in [7, 11) is 0. The second kappa shape index (κ2) is 4.26. The highest BCUT2D eigenvalue weighted by Crippen LogP contribution is 2.46. The maximum absolute atomic E-state index is 12.3. The zero-order valence-corrected chi connectivity index (χ0v) is 9.72. The molecule has 0 heterocycles. The fourth-order valence-corrected chi connectivity index (χ4v) is 2.11. The van der Waals surface area contributed by atoms with Crippen LogP contribution in [0.5, 0.6) is 0 Å². The standard InChI is InChI=1S/C10H9ClF3S/c1-9(2,15-10(12,13)14)7-4-3-5-8(11)6-7/h3,5-6H,1-2H3. The van der Waals surface area contributed by atoms with Gasteiger partial charge in [0, 0.05) is 9.77 Å². The molecule has 0 bridgehead atoms. The lowest BCUT2D eigenvalue weighted by molar-refractivity contribution is -0.0341. The molecule has 0 aliphatic rings. The zero-order valence-electron chi connectivity index (χ0n) is 8.15. The van der Waals surface area contributed by atoms with Crippen LogP contribution in [0.2, 0.25) is 5.02 Å². The molecule has 0 nitrogen and oxygen atoms in total. The van der Waals surface area contributed by atoms with Crippen molar-refractivity contribution in [2.75, 3.05) is 0 Å². The van der Waals surface area contributed by atoms with E-state index in [1.54, 1.807) is 6.07 Å². The van der Waals surface area contributed by atoms with Crippen LogP contribution in [0, 0.1) is 6.07 Å². The molecule has 0 fully saturated rings. The minimum absolute atomic E-state index is 0.0691. The Labute approximate surface area is 95.8 Å². The summed E-state index contributed by atoms with van der Waals surface area (Å²) in [6.45, 7) is 2.99. The number of hydrogen-bond acceptors (Lipinski definition) is 1. The average Bonchev–Trinajstić information content (AvgIpc) is 1.99. The van der Waals surface area contributed by atoms with Gasteiger partial charge in [-0.3, -0.25) is 0 Å². The summed E-state index contributed by atoms with van der Waals surface area (Å²) in [6.07, 6.45) is 0. The van der Waals surface area contributed by atoms with E-state index in [2.05, 4.69) is 6.07 Å². The Morgan fingerprint density at radius 2 is 1.93 bits per heavy atom. The van der Waals surface area contributed by atoms with Crippen LogP contribution < -0.4 is 0 Å². The highest BCUT2D eigenvalue weighted by molar-refractivity contribution is 8.01. The first-order valence-corrected chi connectivity index (χ1v) is 5.35. The molecule has 1 radical (unpaired) electrons. The maximum atomic E-state index is 12.3. The van der Waals surface area contributed by atoms with Crippen molar-refractivity contribution in [3.05, 3.63) is 34.9 Å². The van der Waals surface area contributed by atoms with Gasteiger partial charge in [-0.05, 0) is 49.4 Å². The minimum Gasteiger partial charge on any atom is -0.160 e. The van der Waals surface area contributed by atoms with Gasteiger partial charge in [0.2, 0.25) is 0 Å². The SMILES string of the molecule is CC(C)(SC(F)(F)F)c1[c]ccc(Cl)c1. The van der Waals surface area contributed by atoms with Gasteiger partial charge in [0.05, 0.1) is 0 Å². The molecule has 0 aliphatic heterocycles. The van der Waals surface area contributed by atoms with Gasteiger partial charge in [0.15, 0.2) is 0 Å². The predicted octanol–water partition coefficient (Wildman–Crippen LogP) is 4.63. The first kappa shape index (κ1) is 12.7. The van der Waals surface area contributed by atoms with E-state index in [9.17, 15) is 13.2 Å². The summed E-state index contributed by atoms with van der Waals surface area (Å²) in [6, 6.07) is 7.37. The van der Waals surface area contributed by atoms with Gasteiger partial charge >= 0.3 is 5.51 Å². The van der Waals surface area contributed by atoms with Crippen LogP contribution in [0.15, 0.2) is 18.2 Å². The predicted molar refractivity (Wildman–Crippen MR) is 57.0 cm³/mol. The topological polar surface area (TPSA) is 0 Å². The van der Waals surface area contributed by atoms with E-state index >= 15 is 0 Å². The van der Waals surface area contributed by atoms with E-state index in [1.807, 2.05) is 0 Å². The van der Waals surface area contributed by atoms with Crippen molar-refractivity contribution >= 4 is 23.4 Å². The van der Waals surface area contributed by atoms with Crippen molar-refractivity contribution in [1.82, 2.24) is 0 Å². The van der Waals surface area contributed by atoms with Crippen molar-refractivity contribution in [3.8, 4) is 0 Å². The van der Waals surface area contributed by atoms with Crippen molar-refractivity contribution in [2.45, 2.75) is 24.1 Å². The number of halogens is 4. The molecule has 83 valence electrons. The van der Waals surface area contributed by atoms with Crippen LogP contribution in [0.25, 0.3) is 0 Å². The summed E-state index contributed by atoms with van der Waals surface area (Å²) in [5, 5.41) is 0.416. The molecule has 0 N–H and O–H groups in total. The van der Waals surface area contributed by atoms with Crippen molar-refractivity contribution < 1.29 is 13.2 Å². The van der Waals surface area contributed by atoms with Crippen LogP contribution >= 0.6 is 23.4 Å². The molecule has 0 atom stereocenters. The van der Waals surface area contributed by atoms with Crippen molar-refractivity contribution in [1.29, 1.82) is 0 Å². The van der Waals surface area contributed by atoms with Crippen LogP contribution in [0.4, 0.5) is 13.2 Å². The average molecular weight is 254 g/mol. The van der Waals surface area contributed by atoms with E-state index in [-0.39, 0.29) is 11.8 Å². The van der Waals surface area contributed by atoms with Crippen LogP contribution in [0.1, 0.15) is 19.4 Å². The fraction of sp³-hybridized carbons (Fsp3) is 0.400. The molecule has 0 amide bonds. The summed E-state index contributed by atoms with van der Waals surface area (Å²) >= 11 is 5.64. The molecule has 1 rings (SSSR count). The van der Waals surface area contributed by atoms with Gasteiger partial charge < -0.3 is 0 Å². The van der Waals surface area contributed by atoms with E-state index in [4.69, 9.17) is 11.6 Å². The Morgan fingerprint density at radius 3 is 2.40 bits per heavy atom. The highest BCUT2D eigenvalue weighted by atomic mass is 35.5. The molecule has 0 aromatic heterocycles. The van der Waals surface area contributed by atoms with E-state index in [1.165, 1.54) is 26.0 Å². The summed E-state index contributed by atoms with van der Waals surface area (Å²) in [5.74, 6) is 0. The van der Waals surface area contributed by atoms with Crippen LogP contribution in [-0.4, -0.2) is 5.51 Å². The number of rotatable bonds is 2. The van der Waals surface area contributed by atoms with Gasteiger partial charge in [0.1, 0.15) is 0 Å². The third kappa shape index (κ3) is 3.95. The van der Waals surface area contributed by atoms with E-state index in [0.29, 0.717) is 10.6 Å². The fourth-order valence-electron chi connectivity index (χ4n) is 1.13. The Morgan fingerprint density at radius 1 is 1.33 bits per heavy atom. The second-order valence-corrected chi connectivity index (χ2v) is 5.60. The lowest BCUT2D eigenvalue weighted by atomic mass is 10.0. The van der Waals surface area contributed by atoms with Gasteiger partial charge in [-0.1, -0.05) is 17.7 Å². The lowest BCUT2D eigenvalue weighted by Gasteiger charge is -2.25.